The van der Waals surface area contributed by atoms with Crippen LogP contribution < -0.4 is 14.2 Å². The molecule has 0 aromatic carbocycles. The molecule has 0 fully saturated rings. The van der Waals surface area contributed by atoms with Gasteiger partial charge in [0.1, 0.15) is 24.1 Å². The molecule has 3 aromatic heterocycles. The topological polar surface area (TPSA) is 71.3 Å². The standard InChI is InChI=1S/C15H14ClFN4O3/c1-22-13-11(24-8-6-17)14(23-2)20-15(19-13)21-7-5-9-3-4-10(16)18-12(9)21/h3-5,7H,6,8H2,1-2H3. The van der Waals surface area contributed by atoms with Crippen LogP contribution in [0.25, 0.3) is 17.0 Å². The number of ether oxygens (including phenoxy) is 3. The Morgan fingerprint density at radius 3 is 2.42 bits per heavy atom. The van der Waals surface area contributed by atoms with Crippen molar-refractivity contribution >= 4 is 22.6 Å². The molecule has 3 heterocycles. The minimum absolute atomic E-state index is 0.133. The third kappa shape index (κ3) is 2.92. The van der Waals surface area contributed by atoms with E-state index in [4.69, 9.17) is 25.8 Å². The molecular formula is C15H14ClFN4O3. The molecule has 0 atom stereocenters. The van der Waals surface area contributed by atoms with E-state index in [1.165, 1.54) is 14.2 Å². The summed E-state index contributed by atoms with van der Waals surface area (Å²) in [5, 5.41) is 1.22. The number of hydrogen-bond acceptors (Lipinski definition) is 6. The van der Waals surface area contributed by atoms with Crippen LogP contribution in [0.4, 0.5) is 4.39 Å². The molecule has 3 aromatic rings. The van der Waals surface area contributed by atoms with Gasteiger partial charge in [-0.3, -0.25) is 4.57 Å². The molecule has 0 bridgehead atoms. The van der Waals surface area contributed by atoms with Gasteiger partial charge in [0.2, 0.25) is 11.7 Å². The van der Waals surface area contributed by atoms with Gasteiger partial charge in [-0.1, -0.05) is 11.6 Å². The van der Waals surface area contributed by atoms with Crippen molar-refractivity contribution in [2.45, 2.75) is 0 Å². The maximum Gasteiger partial charge on any atom is 0.265 e. The molecule has 126 valence electrons. The first kappa shape index (κ1) is 16.3. The minimum Gasteiger partial charge on any atom is -0.481 e. The van der Waals surface area contributed by atoms with Crippen LogP contribution in [0.2, 0.25) is 5.15 Å². The van der Waals surface area contributed by atoms with Crippen molar-refractivity contribution < 1.29 is 18.6 Å². The quantitative estimate of drug-likeness (QED) is 0.635. The zero-order chi connectivity index (χ0) is 17.1. The summed E-state index contributed by atoms with van der Waals surface area (Å²) in [5.41, 5.74) is 0.587. The molecule has 9 heteroatoms. The second-order valence-corrected chi connectivity index (χ2v) is 5.03. The Morgan fingerprint density at radius 1 is 1.08 bits per heavy atom. The van der Waals surface area contributed by atoms with Crippen molar-refractivity contribution in [3.63, 3.8) is 0 Å². The Kier molecular flexibility index (Phi) is 4.66. The molecule has 0 saturated carbocycles. The molecule has 0 aliphatic heterocycles. The first-order chi connectivity index (χ1) is 11.7. The summed E-state index contributed by atoms with van der Waals surface area (Å²) in [6.45, 7) is -0.808. The third-order valence-corrected chi connectivity index (χ3v) is 3.43. The number of pyridine rings is 1. The lowest BCUT2D eigenvalue weighted by Crippen LogP contribution is -2.09. The van der Waals surface area contributed by atoms with E-state index < -0.39 is 6.67 Å². The lowest BCUT2D eigenvalue weighted by Gasteiger charge is -2.13. The van der Waals surface area contributed by atoms with Gasteiger partial charge < -0.3 is 14.2 Å². The molecule has 0 aliphatic carbocycles. The number of halogens is 2. The van der Waals surface area contributed by atoms with E-state index in [0.717, 1.165) is 5.39 Å². The molecular weight excluding hydrogens is 339 g/mol. The van der Waals surface area contributed by atoms with Crippen LogP contribution in [0.5, 0.6) is 17.5 Å². The lowest BCUT2D eigenvalue weighted by atomic mass is 10.3. The highest BCUT2D eigenvalue weighted by molar-refractivity contribution is 6.29. The highest BCUT2D eigenvalue weighted by atomic mass is 35.5. The maximum atomic E-state index is 12.4. The Labute approximate surface area is 142 Å². The fraction of sp³-hybridized carbons (Fsp3) is 0.267. The van der Waals surface area contributed by atoms with E-state index in [-0.39, 0.29) is 30.1 Å². The van der Waals surface area contributed by atoms with Crippen molar-refractivity contribution in [1.29, 1.82) is 0 Å². The Hall–Kier alpha value is -2.61. The van der Waals surface area contributed by atoms with Crippen molar-refractivity contribution in [3.05, 3.63) is 29.5 Å². The van der Waals surface area contributed by atoms with Crippen LogP contribution in [0.15, 0.2) is 24.4 Å². The fourth-order valence-electron chi connectivity index (χ4n) is 2.19. The summed E-state index contributed by atoms with van der Waals surface area (Å²) in [6.07, 6.45) is 1.75. The predicted molar refractivity (Wildman–Crippen MR) is 86.2 cm³/mol. The van der Waals surface area contributed by atoms with Crippen molar-refractivity contribution in [3.8, 4) is 23.5 Å². The number of nitrogens with zero attached hydrogens (tertiary/aromatic N) is 4. The average Bonchev–Trinajstić information content (AvgIpc) is 3.02. The highest BCUT2D eigenvalue weighted by Gasteiger charge is 2.19. The first-order valence-corrected chi connectivity index (χ1v) is 7.38. The molecule has 24 heavy (non-hydrogen) atoms. The van der Waals surface area contributed by atoms with Gasteiger partial charge in [0.25, 0.3) is 11.8 Å². The Morgan fingerprint density at radius 2 is 1.79 bits per heavy atom. The van der Waals surface area contributed by atoms with Gasteiger partial charge in [0.05, 0.1) is 14.2 Å². The summed E-state index contributed by atoms with van der Waals surface area (Å²) in [6, 6.07) is 5.40. The predicted octanol–water partition coefficient (Wildman–Crippen LogP) is 2.83. The zero-order valence-corrected chi connectivity index (χ0v) is 13.7. The lowest BCUT2D eigenvalue weighted by molar-refractivity contribution is 0.240. The summed E-state index contributed by atoms with van der Waals surface area (Å²) in [4.78, 5) is 12.9. The second-order valence-electron chi connectivity index (χ2n) is 4.64. The summed E-state index contributed by atoms with van der Waals surface area (Å²) in [7, 11) is 2.85. The molecule has 7 nitrogen and oxygen atoms in total. The second kappa shape index (κ2) is 6.88. The molecule has 0 N–H and O–H groups in total. The summed E-state index contributed by atoms with van der Waals surface area (Å²) < 4.78 is 29.8. The van der Waals surface area contributed by atoms with Crippen molar-refractivity contribution in [2.75, 3.05) is 27.5 Å². The van der Waals surface area contributed by atoms with Crippen LogP contribution in [0.1, 0.15) is 0 Å². The van der Waals surface area contributed by atoms with Crippen LogP contribution >= 0.6 is 11.6 Å². The van der Waals surface area contributed by atoms with Gasteiger partial charge in [-0.2, -0.15) is 9.97 Å². The largest absolute Gasteiger partial charge is 0.481 e. The number of hydrogen-bond donors (Lipinski definition) is 0. The van der Waals surface area contributed by atoms with Crippen LogP contribution in [-0.4, -0.2) is 47.0 Å². The van der Waals surface area contributed by atoms with Gasteiger partial charge >= 0.3 is 0 Å². The monoisotopic (exact) mass is 352 g/mol. The maximum absolute atomic E-state index is 12.4. The Balaban J connectivity index is 2.15. The van der Waals surface area contributed by atoms with Gasteiger partial charge in [0, 0.05) is 11.6 Å². The van der Waals surface area contributed by atoms with Crippen LogP contribution in [-0.2, 0) is 0 Å². The van der Waals surface area contributed by atoms with E-state index in [1.54, 1.807) is 16.8 Å². The molecule has 0 amide bonds. The molecule has 0 unspecified atom stereocenters. The van der Waals surface area contributed by atoms with E-state index in [9.17, 15) is 4.39 Å². The zero-order valence-electron chi connectivity index (χ0n) is 13.0. The summed E-state index contributed by atoms with van der Waals surface area (Å²) >= 11 is 5.96. The first-order valence-electron chi connectivity index (χ1n) is 7.00. The average molecular weight is 353 g/mol. The molecule has 3 rings (SSSR count). The fourth-order valence-corrected chi connectivity index (χ4v) is 2.34. The Bertz CT molecular complexity index is 846. The number of aromatic nitrogens is 4. The normalized spacial score (nSPS) is 10.8. The van der Waals surface area contributed by atoms with E-state index in [0.29, 0.717) is 10.8 Å². The van der Waals surface area contributed by atoms with Gasteiger partial charge in [-0.25, -0.2) is 9.37 Å². The molecule has 0 radical (unpaired) electrons. The molecule has 0 saturated heterocycles. The third-order valence-electron chi connectivity index (χ3n) is 3.22. The highest BCUT2D eigenvalue weighted by Crippen LogP contribution is 2.35. The van der Waals surface area contributed by atoms with Crippen LogP contribution in [0.3, 0.4) is 0 Å². The van der Waals surface area contributed by atoms with Crippen molar-refractivity contribution in [1.82, 2.24) is 19.5 Å². The van der Waals surface area contributed by atoms with E-state index in [2.05, 4.69) is 15.0 Å². The number of rotatable bonds is 6. The van der Waals surface area contributed by atoms with Gasteiger partial charge in [-0.15, -0.1) is 0 Å². The van der Waals surface area contributed by atoms with Crippen molar-refractivity contribution in [2.24, 2.45) is 0 Å². The van der Waals surface area contributed by atoms with E-state index >= 15 is 0 Å². The summed E-state index contributed by atoms with van der Waals surface area (Å²) in [5.74, 6) is 0.674. The SMILES string of the molecule is COc1nc(-n2ccc3ccc(Cl)nc32)nc(OC)c1OCCF. The van der Waals surface area contributed by atoms with Gasteiger partial charge in [0.15, 0.2) is 0 Å². The van der Waals surface area contributed by atoms with E-state index in [1.807, 2.05) is 12.1 Å². The number of methoxy groups -OCH3 is 2. The number of fused-ring (bicyclic) bond motifs is 1. The smallest absolute Gasteiger partial charge is 0.265 e. The van der Waals surface area contributed by atoms with Gasteiger partial charge in [-0.05, 0) is 18.2 Å². The number of alkyl halides is 1. The minimum atomic E-state index is -0.654. The molecule has 0 aliphatic rings. The molecule has 0 spiro atoms. The van der Waals surface area contributed by atoms with Crippen LogP contribution in [0, 0.1) is 0 Å².